The molecule has 1 fully saturated rings. The van der Waals surface area contributed by atoms with Crippen molar-refractivity contribution in [3.05, 3.63) is 82.3 Å². The van der Waals surface area contributed by atoms with Crippen molar-refractivity contribution >= 4 is 17.5 Å². The highest BCUT2D eigenvalue weighted by Gasteiger charge is 2.37. The Bertz CT molecular complexity index is 1120. The van der Waals surface area contributed by atoms with E-state index < -0.39 is 11.9 Å². The van der Waals surface area contributed by atoms with Gasteiger partial charge in [0.2, 0.25) is 5.91 Å². The fraction of sp³-hybridized carbons (Fsp3) is 0.227. The van der Waals surface area contributed by atoms with Crippen LogP contribution in [0.1, 0.15) is 23.7 Å². The average Bonchev–Trinajstić information content (AvgIpc) is 2.95. The maximum atomic E-state index is 13.2. The summed E-state index contributed by atoms with van der Waals surface area (Å²) in [7, 11) is 1.77. The van der Waals surface area contributed by atoms with Gasteiger partial charge < -0.3 is 10.2 Å². The number of likely N-dealkylation sites (tertiary alicyclic amines) is 1. The van der Waals surface area contributed by atoms with Gasteiger partial charge in [-0.15, -0.1) is 0 Å². The van der Waals surface area contributed by atoms with Crippen LogP contribution in [0.5, 0.6) is 0 Å². The molecule has 1 aliphatic rings. The van der Waals surface area contributed by atoms with Crippen LogP contribution < -0.4 is 10.9 Å². The number of nitrogens with one attached hydrogen (secondary N) is 1. The Morgan fingerprint density at radius 3 is 2.17 bits per heavy atom. The second-order valence-electron chi connectivity index (χ2n) is 7.08. The third-order valence-corrected chi connectivity index (χ3v) is 5.36. The summed E-state index contributed by atoms with van der Waals surface area (Å²) in [6.45, 7) is 2.30. The number of carbonyl (C=O) groups excluding carboxylic acids is 2. The number of hydrogen-bond acceptors (Lipinski definition) is 3. The number of carbonyl (C=O) groups is 2. The number of benzene rings is 2. The molecule has 0 bridgehead atoms. The molecule has 7 nitrogen and oxygen atoms in total. The molecule has 2 heterocycles. The van der Waals surface area contributed by atoms with Crippen molar-refractivity contribution in [3.63, 3.8) is 0 Å². The fourth-order valence-electron chi connectivity index (χ4n) is 3.62. The Hall–Kier alpha value is -3.61. The van der Waals surface area contributed by atoms with Gasteiger partial charge in [0.1, 0.15) is 11.7 Å². The van der Waals surface area contributed by atoms with Crippen molar-refractivity contribution in [1.82, 2.24) is 14.3 Å². The minimum absolute atomic E-state index is 0.0690. The molecule has 1 unspecified atom stereocenters. The monoisotopic (exact) mass is 390 g/mol. The molecule has 1 saturated heterocycles. The zero-order valence-electron chi connectivity index (χ0n) is 16.3. The third-order valence-electron chi connectivity index (χ3n) is 5.36. The predicted octanol–water partition coefficient (Wildman–Crippen LogP) is 2.40. The van der Waals surface area contributed by atoms with E-state index in [2.05, 4.69) is 5.32 Å². The summed E-state index contributed by atoms with van der Waals surface area (Å²) >= 11 is 0. The van der Waals surface area contributed by atoms with Crippen molar-refractivity contribution in [2.24, 2.45) is 7.05 Å². The maximum Gasteiger partial charge on any atom is 0.295 e. The van der Waals surface area contributed by atoms with Gasteiger partial charge in [-0.3, -0.25) is 19.1 Å². The normalized spacial score (nSPS) is 14.4. The minimum Gasteiger partial charge on any atom is -0.326 e. The molecule has 4 rings (SSSR count). The quantitative estimate of drug-likeness (QED) is 0.680. The van der Waals surface area contributed by atoms with Gasteiger partial charge in [0.15, 0.2) is 0 Å². The van der Waals surface area contributed by atoms with E-state index in [9.17, 15) is 14.4 Å². The zero-order valence-corrected chi connectivity index (χ0v) is 16.3. The van der Waals surface area contributed by atoms with Crippen molar-refractivity contribution < 1.29 is 9.59 Å². The van der Waals surface area contributed by atoms with Crippen molar-refractivity contribution in [3.8, 4) is 5.69 Å². The summed E-state index contributed by atoms with van der Waals surface area (Å²) in [6, 6.07) is 17.6. The summed E-state index contributed by atoms with van der Waals surface area (Å²) in [6.07, 6.45) is 0.432. The molecule has 0 aliphatic carbocycles. The highest BCUT2D eigenvalue weighted by Crippen LogP contribution is 2.28. The largest absolute Gasteiger partial charge is 0.326 e. The molecule has 2 aromatic carbocycles. The van der Waals surface area contributed by atoms with Crippen LogP contribution in [0.25, 0.3) is 5.69 Å². The fourth-order valence-corrected chi connectivity index (χ4v) is 3.62. The molecule has 3 aromatic rings. The first kappa shape index (κ1) is 18.7. The van der Waals surface area contributed by atoms with E-state index >= 15 is 0 Å². The van der Waals surface area contributed by atoms with Crippen LogP contribution in [0.4, 0.5) is 5.69 Å². The van der Waals surface area contributed by atoms with Gasteiger partial charge in [0.25, 0.3) is 11.5 Å². The number of anilines is 1. The Balaban J connectivity index is 1.70. The molecular weight excluding hydrogens is 368 g/mol. The molecule has 1 N–H and O–H groups in total. The van der Waals surface area contributed by atoms with E-state index in [-0.39, 0.29) is 17.2 Å². The lowest BCUT2D eigenvalue weighted by Gasteiger charge is -2.37. The number of aromatic nitrogens is 2. The number of para-hydroxylation sites is 1. The SMILES string of the molecule is Cc1c(NC(=O)C(c2ccccc2)N2CCC2=O)c(=O)n(-c2ccccc2)n1C. The van der Waals surface area contributed by atoms with E-state index in [1.165, 1.54) is 4.68 Å². The first-order valence-electron chi connectivity index (χ1n) is 9.48. The zero-order chi connectivity index (χ0) is 20.5. The number of β-lactam (4-membered cyclic amide) rings is 1. The van der Waals surface area contributed by atoms with Crippen LogP contribution in [-0.4, -0.2) is 32.6 Å². The molecule has 1 aliphatic heterocycles. The van der Waals surface area contributed by atoms with Crippen LogP contribution >= 0.6 is 0 Å². The van der Waals surface area contributed by atoms with Crippen LogP contribution in [0.2, 0.25) is 0 Å². The number of nitrogens with zero attached hydrogens (tertiary/aromatic N) is 3. The van der Waals surface area contributed by atoms with Gasteiger partial charge in [-0.25, -0.2) is 4.68 Å². The molecule has 29 heavy (non-hydrogen) atoms. The summed E-state index contributed by atoms with van der Waals surface area (Å²) in [5, 5.41) is 2.79. The minimum atomic E-state index is -0.762. The number of amides is 2. The van der Waals surface area contributed by atoms with E-state index in [1.54, 1.807) is 23.6 Å². The Morgan fingerprint density at radius 2 is 1.62 bits per heavy atom. The summed E-state index contributed by atoms with van der Waals surface area (Å²) in [4.78, 5) is 39.9. The van der Waals surface area contributed by atoms with Crippen LogP contribution in [0.15, 0.2) is 65.5 Å². The molecule has 1 aromatic heterocycles. The lowest BCUT2D eigenvalue weighted by molar-refractivity contribution is -0.147. The molecule has 2 amide bonds. The van der Waals surface area contributed by atoms with Crippen LogP contribution in [0.3, 0.4) is 0 Å². The maximum absolute atomic E-state index is 13.2. The molecule has 1 atom stereocenters. The van der Waals surface area contributed by atoms with Gasteiger partial charge in [-0.05, 0) is 24.6 Å². The van der Waals surface area contributed by atoms with Gasteiger partial charge in [-0.2, -0.15) is 0 Å². The number of rotatable bonds is 5. The Morgan fingerprint density at radius 1 is 1.00 bits per heavy atom. The van der Waals surface area contributed by atoms with Gasteiger partial charge in [0, 0.05) is 20.0 Å². The molecule has 0 saturated carbocycles. The second kappa shape index (κ2) is 7.43. The van der Waals surface area contributed by atoms with Crippen molar-refractivity contribution in [2.45, 2.75) is 19.4 Å². The molecule has 0 radical (unpaired) electrons. The van der Waals surface area contributed by atoms with Gasteiger partial charge in [-0.1, -0.05) is 48.5 Å². The van der Waals surface area contributed by atoms with Crippen molar-refractivity contribution in [2.75, 3.05) is 11.9 Å². The van der Waals surface area contributed by atoms with Gasteiger partial charge in [0.05, 0.1) is 11.4 Å². The first-order chi connectivity index (χ1) is 14.0. The van der Waals surface area contributed by atoms with Crippen LogP contribution in [-0.2, 0) is 16.6 Å². The highest BCUT2D eigenvalue weighted by atomic mass is 16.2. The van der Waals surface area contributed by atoms with Gasteiger partial charge >= 0.3 is 0 Å². The molecule has 0 spiro atoms. The summed E-state index contributed by atoms with van der Waals surface area (Å²) < 4.78 is 3.22. The molecule has 7 heteroatoms. The lowest BCUT2D eigenvalue weighted by Crippen LogP contribution is -2.49. The van der Waals surface area contributed by atoms with E-state index in [1.807, 2.05) is 60.7 Å². The topological polar surface area (TPSA) is 76.3 Å². The second-order valence-corrected chi connectivity index (χ2v) is 7.08. The third kappa shape index (κ3) is 3.24. The molecule has 148 valence electrons. The van der Waals surface area contributed by atoms with E-state index in [4.69, 9.17) is 0 Å². The predicted molar refractivity (Wildman–Crippen MR) is 110 cm³/mol. The highest BCUT2D eigenvalue weighted by molar-refractivity contribution is 5.99. The van der Waals surface area contributed by atoms with E-state index in [0.29, 0.717) is 24.3 Å². The summed E-state index contributed by atoms with van der Waals surface area (Å²) in [5.41, 5.74) is 1.96. The number of hydrogen-bond donors (Lipinski definition) is 1. The van der Waals surface area contributed by atoms with Crippen LogP contribution in [0, 0.1) is 6.92 Å². The first-order valence-corrected chi connectivity index (χ1v) is 9.48. The van der Waals surface area contributed by atoms with E-state index in [0.717, 1.165) is 5.56 Å². The smallest absolute Gasteiger partial charge is 0.295 e. The average molecular weight is 390 g/mol. The summed E-state index contributed by atoms with van der Waals surface area (Å²) in [5.74, 6) is -0.462. The standard InChI is InChI=1S/C22H22N4O3/c1-15-19(22(29)26(24(15)2)17-11-7-4-8-12-17)23-21(28)20(25-14-13-18(25)27)16-9-5-3-6-10-16/h3-12,20H,13-14H2,1-2H3,(H,23,28). The van der Waals surface area contributed by atoms with Crippen molar-refractivity contribution in [1.29, 1.82) is 0 Å². The lowest BCUT2D eigenvalue weighted by atomic mass is 10.00. The Labute approximate surface area is 168 Å². The Kier molecular flexibility index (Phi) is 4.80. The molecular formula is C22H22N4O3.